The molecule has 3 aromatic rings. The van der Waals surface area contributed by atoms with Crippen LogP contribution in [0, 0.1) is 0 Å². The van der Waals surface area contributed by atoms with Crippen molar-refractivity contribution in [1.29, 1.82) is 0 Å². The van der Waals surface area contributed by atoms with Gasteiger partial charge >= 0.3 is 0 Å². The molecule has 25 heavy (non-hydrogen) atoms. The maximum atomic E-state index is 12.7. The zero-order chi connectivity index (χ0) is 17.4. The molecule has 0 saturated heterocycles. The van der Waals surface area contributed by atoms with Gasteiger partial charge in [-0.3, -0.25) is 19.8 Å². The molecule has 0 spiro atoms. The van der Waals surface area contributed by atoms with Crippen molar-refractivity contribution in [3.05, 3.63) is 65.2 Å². The first-order chi connectivity index (χ1) is 12.2. The number of nitrogens with zero attached hydrogens (tertiary/aromatic N) is 2. The monoisotopic (exact) mass is 337 g/mol. The molecule has 0 unspecified atom stereocenters. The van der Waals surface area contributed by atoms with Crippen LogP contribution < -0.4 is 5.48 Å². The number of carbonyl (C=O) groups is 2. The zero-order valence-electron chi connectivity index (χ0n) is 13.2. The standard InChI is InChI=1S/C18H15N3O4/c22-17(20-24)12-7-13-10-21(6-5-14(13)19-9-12)18(23)16-8-11-3-1-2-4-15(11)25-16/h1-4,7-9,24H,5-6,10H2,(H,20,22). The largest absolute Gasteiger partial charge is 0.451 e. The molecule has 1 aliphatic rings. The van der Waals surface area contributed by atoms with E-state index in [0.717, 1.165) is 16.6 Å². The highest BCUT2D eigenvalue weighted by Gasteiger charge is 2.25. The van der Waals surface area contributed by atoms with Gasteiger partial charge < -0.3 is 9.32 Å². The highest BCUT2D eigenvalue weighted by Crippen LogP contribution is 2.23. The number of furan rings is 1. The minimum absolute atomic E-state index is 0.195. The molecule has 0 atom stereocenters. The fourth-order valence-corrected chi connectivity index (χ4v) is 3.03. The third-order valence-corrected chi connectivity index (χ3v) is 4.33. The van der Waals surface area contributed by atoms with E-state index in [-0.39, 0.29) is 11.5 Å². The number of rotatable bonds is 2. The number of nitrogens with one attached hydrogen (secondary N) is 1. The topological polar surface area (TPSA) is 95.7 Å². The molecule has 0 saturated carbocycles. The first kappa shape index (κ1) is 15.3. The smallest absolute Gasteiger partial charge is 0.289 e. The van der Waals surface area contributed by atoms with Gasteiger partial charge in [0, 0.05) is 36.8 Å². The first-order valence-electron chi connectivity index (χ1n) is 7.86. The summed E-state index contributed by atoms with van der Waals surface area (Å²) in [5.41, 5.74) is 4.15. The Morgan fingerprint density at radius 2 is 2.08 bits per heavy atom. The molecular formula is C18H15N3O4. The Morgan fingerprint density at radius 3 is 2.88 bits per heavy atom. The average molecular weight is 337 g/mol. The highest BCUT2D eigenvalue weighted by atomic mass is 16.5. The maximum Gasteiger partial charge on any atom is 0.289 e. The maximum absolute atomic E-state index is 12.7. The van der Waals surface area contributed by atoms with Crippen molar-refractivity contribution in [2.75, 3.05) is 6.54 Å². The summed E-state index contributed by atoms with van der Waals surface area (Å²) in [6.07, 6.45) is 2.02. The molecule has 7 heteroatoms. The van der Waals surface area contributed by atoms with E-state index in [0.29, 0.717) is 30.9 Å². The third-order valence-electron chi connectivity index (χ3n) is 4.33. The Hall–Kier alpha value is -3.19. The fourth-order valence-electron chi connectivity index (χ4n) is 3.03. The van der Waals surface area contributed by atoms with Crippen LogP contribution in [0.1, 0.15) is 32.2 Å². The Kier molecular flexibility index (Phi) is 3.70. The van der Waals surface area contributed by atoms with Crippen LogP contribution in [0.2, 0.25) is 0 Å². The van der Waals surface area contributed by atoms with E-state index in [1.54, 1.807) is 22.5 Å². The lowest BCUT2D eigenvalue weighted by molar-refractivity contribution is 0.0702. The number of hydrogen-bond donors (Lipinski definition) is 2. The van der Waals surface area contributed by atoms with Gasteiger partial charge in [-0.1, -0.05) is 18.2 Å². The summed E-state index contributed by atoms with van der Waals surface area (Å²) < 4.78 is 5.65. The van der Waals surface area contributed by atoms with Crippen molar-refractivity contribution in [2.45, 2.75) is 13.0 Å². The van der Waals surface area contributed by atoms with Crippen LogP contribution in [0.15, 0.2) is 47.0 Å². The van der Waals surface area contributed by atoms with Crippen LogP contribution in [0.5, 0.6) is 0 Å². The Morgan fingerprint density at radius 1 is 1.24 bits per heavy atom. The number of carbonyl (C=O) groups excluding carboxylic acids is 2. The predicted molar refractivity (Wildman–Crippen MR) is 88.1 cm³/mol. The molecule has 4 rings (SSSR count). The summed E-state index contributed by atoms with van der Waals surface area (Å²) in [6, 6.07) is 10.8. The van der Waals surface area contributed by atoms with E-state index in [4.69, 9.17) is 9.62 Å². The van der Waals surface area contributed by atoms with Crippen molar-refractivity contribution in [1.82, 2.24) is 15.4 Å². The molecule has 126 valence electrons. The van der Waals surface area contributed by atoms with Crippen LogP contribution in [0.4, 0.5) is 0 Å². The molecule has 0 fully saturated rings. The summed E-state index contributed by atoms with van der Waals surface area (Å²) in [5, 5.41) is 9.63. The van der Waals surface area contributed by atoms with Gasteiger partial charge in [0.2, 0.25) is 0 Å². The minimum Gasteiger partial charge on any atom is -0.451 e. The van der Waals surface area contributed by atoms with E-state index in [9.17, 15) is 9.59 Å². The summed E-state index contributed by atoms with van der Waals surface area (Å²) in [6.45, 7) is 0.867. The molecule has 0 radical (unpaired) electrons. The predicted octanol–water partition coefficient (Wildman–Crippen LogP) is 2.15. The lowest BCUT2D eigenvalue weighted by Gasteiger charge is -2.27. The van der Waals surface area contributed by atoms with Gasteiger partial charge in [-0.25, -0.2) is 5.48 Å². The number of fused-ring (bicyclic) bond motifs is 2. The van der Waals surface area contributed by atoms with E-state index >= 15 is 0 Å². The number of amides is 2. The quantitative estimate of drug-likeness (QED) is 0.552. The number of hydroxylamine groups is 1. The van der Waals surface area contributed by atoms with Crippen molar-refractivity contribution in [2.24, 2.45) is 0 Å². The fraction of sp³-hybridized carbons (Fsp3) is 0.167. The van der Waals surface area contributed by atoms with Crippen molar-refractivity contribution >= 4 is 22.8 Å². The SMILES string of the molecule is O=C(NO)c1cnc2c(c1)CN(C(=O)c1cc3ccccc3o1)CC2. The van der Waals surface area contributed by atoms with Crippen LogP contribution >= 0.6 is 0 Å². The van der Waals surface area contributed by atoms with Crippen LogP contribution in [-0.2, 0) is 13.0 Å². The summed E-state index contributed by atoms with van der Waals surface area (Å²) >= 11 is 0. The summed E-state index contributed by atoms with van der Waals surface area (Å²) in [5.74, 6) is -0.531. The second-order valence-electron chi connectivity index (χ2n) is 5.90. The lowest BCUT2D eigenvalue weighted by Crippen LogP contribution is -2.36. The Bertz CT molecular complexity index is 946. The highest BCUT2D eigenvalue weighted by molar-refractivity contribution is 5.96. The molecule has 2 N–H and O–H groups in total. The van der Waals surface area contributed by atoms with E-state index in [1.165, 1.54) is 6.20 Å². The Labute approximate surface area is 142 Å². The molecule has 2 amide bonds. The molecule has 1 aliphatic heterocycles. The van der Waals surface area contributed by atoms with Crippen LogP contribution in [0.25, 0.3) is 11.0 Å². The van der Waals surface area contributed by atoms with Gasteiger partial charge in [0.15, 0.2) is 5.76 Å². The van der Waals surface area contributed by atoms with E-state index < -0.39 is 5.91 Å². The van der Waals surface area contributed by atoms with Gasteiger partial charge in [-0.2, -0.15) is 0 Å². The summed E-state index contributed by atoms with van der Waals surface area (Å²) in [4.78, 5) is 30.2. The first-order valence-corrected chi connectivity index (χ1v) is 7.86. The van der Waals surface area contributed by atoms with Crippen LogP contribution in [0.3, 0.4) is 0 Å². The van der Waals surface area contributed by atoms with Crippen molar-refractivity contribution < 1.29 is 19.2 Å². The lowest BCUT2D eigenvalue weighted by atomic mass is 10.0. The number of benzene rings is 1. The summed E-state index contributed by atoms with van der Waals surface area (Å²) in [7, 11) is 0. The second kappa shape index (κ2) is 6.03. The minimum atomic E-state index is -0.629. The number of hydrogen-bond acceptors (Lipinski definition) is 5. The molecule has 7 nitrogen and oxygen atoms in total. The molecule has 0 aliphatic carbocycles. The van der Waals surface area contributed by atoms with Crippen LogP contribution in [-0.4, -0.2) is 33.5 Å². The molecule has 0 bridgehead atoms. The number of pyridine rings is 1. The van der Waals surface area contributed by atoms with Gasteiger partial charge in [-0.05, 0) is 23.8 Å². The van der Waals surface area contributed by atoms with Gasteiger partial charge in [0.1, 0.15) is 5.58 Å². The van der Waals surface area contributed by atoms with Crippen molar-refractivity contribution in [3.63, 3.8) is 0 Å². The molecule has 2 aromatic heterocycles. The zero-order valence-corrected chi connectivity index (χ0v) is 13.2. The molecule has 3 heterocycles. The van der Waals surface area contributed by atoms with Gasteiger partial charge in [0.25, 0.3) is 11.8 Å². The molecule has 1 aromatic carbocycles. The van der Waals surface area contributed by atoms with Gasteiger partial charge in [0.05, 0.1) is 5.56 Å². The van der Waals surface area contributed by atoms with Crippen molar-refractivity contribution in [3.8, 4) is 0 Å². The average Bonchev–Trinajstić information content (AvgIpc) is 3.10. The Balaban J connectivity index is 1.60. The third kappa shape index (κ3) is 2.74. The molecular weight excluding hydrogens is 322 g/mol. The second-order valence-corrected chi connectivity index (χ2v) is 5.90. The van der Waals surface area contributed by atoms with E-state index in [1.807, 2.05) is 24.3 Å². The van der Waals surface area contributed by atoms with Gasteiger partial charge in [-0.15, -0.1) is 0 Å². The normalized spacial score (nSPS) is 13.6. The van der Waals surface area contributed by atoms with E-state index in [2.05, 4.69) is 4.98 Å². The number of para-hydroxylation sites is 1. The number of aromatic nitrogens is 1.